The van der Waals surface area contributed by atoms with E-state index in [1.54, 1.807) is 0 Å². The standard InChI is InChI=1S/C22H27NO3/c1-2-22(24)23-20(16-25-14-18-9-5-3-6-10-18)13-21(23)17-26-15-19-11-7-4-8-12-19/h3-12,20-21H,2,13-17H2,1H3/t20-,21-/m0/s1. The number of likely N-dealkylation sites (tertiary alicyclic amines) is 1. The molecule has 4 nitrogen and oxygen atoms in total. The molecule has 1 amide bonds. The highest BCUT2D eigenvalue weighted by Crippen LogP contribution is 2.28. The van der Waals surface area contributed by atoms with Crippen molar-refractivity contribution in [2.24, 2.45) is 0 Å². The molecule has 0 aromatic heterocycles. The smallest absolute Gasteiger partial charge is 0.222 e. The van der Waals surface area contributed by atoms with Gasteiger partial charge in [0.1, 0.15) is 0 Å². The summed E-state index contributed by atoms with van der Waals surface area (Å²) in [4.78, 5) is 14.3. The van der Waals surface area contributed by atoms with E-state index in [2.05, 4.69) is 24.3 Å². The Morgan fingerprint density at radius 1 is 0.885 bits per heavy atom. The summed E-state index contributed by atoms with van der Waals surface area (Å²) in [6.45, 7) is 4.23. The first-order chi connectivity index (χ1) is 12.8. The molecule has 0 radical (unpaired) electrons. The Hall–Kier alpha value is -2.17. The number of benzene rings is 2. The van der Waals surface area contributed by atoms with Crippen LogP contribution < -0.4 is 0 Å². The highest BCUT2D eigenvalue weighted by molar-refractivity contribution is 5.77. The van der Waals surface area contributed by atoms with E-state index in [0.29, 0.717) is 32.8 Å². The Morgan fingerprint density at radius 2 is 1.35 bits per heavy atom. The van der Waals surface area contributed by atoms with Gasteiger partial charge in [0.05, 0.1) is 38.5 Å². The fourth-order valence-corrected chi connectivity index (χ4v) is 3.36. The molecular weight excluding hydrogens is 326 g/mol. The third-order valence-corrected chi connectivity index (χ3v) is 4.76. The lowest BCUT2D eigenvalue weighted by Gasteiger charge is -2.48. The third kappa shape index (κ3) is 4.93. The lowest BCUT2D eigenvalue weighted by atomic mass is 9.93. The van der Waals surface area contributed by atoms with Crippen LogP contribution in [0.15, 0.2) is 60.7 Å². The normalized spacial score (nSPS) is 19.2. The molecule has 0 spiro atoms. The highest BCUT2D eigenvalue weighted by atomic mass is 16.5. The average Bonchev–Trinajstić information content (AvgIpc) is 2.67. The predicted octanol–water partition coefficient (Wildman–Crippen LogP) is 3.80. The molecule has 3 rings (SSSR count). The number of rotatable bonds is 9. The van der Waals surface area contributed by atoms with Gasteiger partial charge < -0.3 is 14.4 Å². The first-order valence-corrected chi connectivity index (χ1v) is 9.32. The van der Waals surface area contributed by atoms with Crippen LogP contribution in [0, 0.1) is 0 Å². The maximum Gasteiger partial charge on any atom is 0.222 e. The number of nitrogens with zero attached hydrogens (tertiary/aromatic N) is 1. The number of carbonyl (C=O) groups is 1. The van der Waals surface area contributed by atoms with Crippen LogP contribution in [0.4, 0.5) is 0 Å². The van der Waals surface area contributed by atoms with Crippen molar-refractivity contribution < 1.29 is 14.3 Å². The fraction of sp³-hybridized carbons (Fsp3) is 0.409. The number of carbonyl (C=O) groups excluding carboxylic acids is 1. The van der Waals surface area contributed by atoms with E-state index in [0.717, 1.165) is 17.5 Å². The van der Waals surface area contributed by atoms with Gasteiger partial charge in [0.15, 0.2) is 0 Å². The molecule has 1 aliphatic rings. The zero-order valence-corrected chi connectivity index (χ0v) is 15.3. The minimum absolute atomic E-state index is 0.163. The molecule has 1 fully saturated rings. The summed E-state index contributed by atoms with van der Waals surface area (Å²) in [5, 5.41) is 0. The molecule has 0 aliphatic carbocycles. The van der Waals surface area contributed by atoms with E-state index in [1.807, 2.05) is 48.2 Å². The van der Waals surface area contributed by atoms with E-state index in [1.165, 1.54) is 0 Å². The molecule has 0 saturated carbocycles. The van der Waals surface area contributed by atoms with Gasteiger partial charge in [-0.05, 0) is 17.5 Å². The molecular formula is C22H27NO3. The van der Waals surface area contributed by atoms with Gasteiger partial charge in [-0.2, -0.15) is 0 Å². The second-order valence-electron chi connectivity index (χ2n) is 6.70. The lowest BCUT2D eigenvalue weighted by molar-refractivity contribution is -0.153. The zero-order chi connectivity index (χ0) is 18.2. The Morgan fingerprint density at radius 3 is 1.77 bits per heavy atom. The molecule has 4 heteroatoms. The Kier molecular flexibility index (Phi) is 6.81. The van der Waals surface area contributed by atoms with Gasteiger partial charge in [-0.15, -0.1) is 0 Å². The van der Waals surface area contributed by atoms with Crippen LogP contribution in [0.25, 0.3) is 0 Å². The topological polar surface area (TPSA) is 38.8 Å². The average molecular weight is 353 g/mol. The van der Waals surface area contributed by atoms with Gasteiger partial charge in [-0.25, -0.2) is 0 Å². The molecule has 1 aliphatic heterocycles. The number of hydrogen-bond acceptors (Lipinski definition) is 3. The minimum Gasteiger partial charge on any atom is -0.375 e. The monoisotopic (exact) mass is 353 g/mol. The van der Waals surface area contributed by atoms with Crippen molar-refractivity contribution in [1.82, 2.24) is 4.90 Å². The van der Waals surface area contributed by atoms with Gasteiger partial charge in [-0.1, -0.05) is 67.6 Å². The molecule has 2 aromatic carbocycles. The van der Waals surface area contributed by atoms with Crippen molar-refractivity contribution >= 4 is 5.91 Å². The minimum atomic E-state index is 0.163. The van der Waals surface area contributed by atoms with Crippen LogP contribution in [0.2, 0.25) is 0 Å². The zero-order valence-electron chi connectivity index (χ0n) is 15.3. The number of hydrogen-bond donors (Lipinski definition) is 0. The van der Waals surface area contributed by atoms with Crippen LogP contribution in [0.3, 0.4) is 0 Å². The van der Waals surface area contributed by atoms with E-state index in [-0.39, 0.29) is 18.0 Å². The van der Waals surface area contributed by atoms with Crippen molar-refractivity contribution in [3.05, 3.63) is 71.8 Å². The van der Waals surface area contributed by atoms with Crippen LogP contribution >= 0.6 is 0 Å². The quantitative estimate of drug-likeness (QED) is 0.688. The third-order valence-electron chi connectivity index (χ3n) is 4.76. The van der Waals surface area contributed by atoms with Crippen LogP contribution in [-0.2, 0) is 27.5 Å². The second-order valence-corrected chi connectivity index (χ2v) is 6.70. The van der Waals surface area contributed by atoms with Crippen molar-refractivity contribution in [3.8, 4) is 0 Å². The van der Waals surface area contributed by atoms with Crippen molar-refractivity contribution in [2.45, 2.75) is 45.1 Å². The molecule has 1 saturated heterocycles. The molecule has 26 heavy (non-hydrogen) atoms. The lowest BCUT2D eigenvalue weighted by Crippen LogP contribution is -2.61. The Labute approximate surface area is 155 Å². The van der Waals surface area contributed by atoms with Gasteiger partial charge in [0.25, 0.3) is 0 Å². The van der Waals surface area contributed by atoms with Gasteiger partial charge >= 0.3 is 0 Å². The summed E-state index contributed by atoms with van der Waals surface area (Å²) >= 11 is 0. The van der Waals surface area contributed by atoms with Gasteiger partial charge in [-0.3, -0.25) is 4.79 Å². The largest absolute Gasteiger partial charge is 0.375 e. The van der Waals surface area contributed by atoms with Crippen molar-refractivity contribution in [3.63, 3.8) is 0 Å². The Bertz CT molecular complexity index is 623. The SMILES string of the molecule is CCC(=O)N1[C@H](COCc2ccccc2)C[C@H]1COCc1ccccc1. The molecule has 138 valence electrons. The summed E-state index contributed by atoms with van der Waals surface area (Å²) in [6.07, 6.45) is 1.46. The van der Waals surface area contributed by atoms with E-state index in [9.17, 15) is 4.79 Å². The summed E-state index contributed by atoms with van der Waals surface area (Å²) in [6, 6.07) is 20.6. The molecule has 0 N–H and O–H groups in total. The molecule has 0 bridgehead atoms. The molecule has 0 unspecified atom stereocenters. The van der Waals surface area contributed by atoms with Crippen LogP contribution in [0.5, 0.6) is 0 Å². The highest BCUT2D eigenvalue weighted by Gasteiger charge is 2.40. The summed E-state index contributed by atoms with van der Waals surface area (Å²) in [7, 11) is 0. The maximum atomic E-state index is 12.3. The first-order valence-electron chi connectivity index (χ1n) is 9.32. The summed E-state index contributed by atoms with van der Waals surface area (Å²) in [5.41, 5.74) is 2.31. The summed E-state index contributed by atoms with van der Waals surface area (Å²) in [5.74, 6) is 0.179. The van der Waals surface area contributed by atoms with E-state index >= 15 is 0 Å². The number of amides is 1. The Balaban J connectivity index is 1.44. The van der Waals surface area contributed by atoms with Crippen LogP contribution in [-0.4, -0.2) is 36.1 Å². The second kappa shape index (κ2) is 9.51. The summed E-state index contributed by atoms with van der Waals surface area (Å²) < 4.78 is 11.7. The molecule has 2 aromatic rings. The van der Waals surface area contributed by atoms with E-state index < -0.39 is 0 Å². The predicted molar refractivity (Wildman–Crippen MR) is 102 cm³/mol. The maximum absolute atomic E-state index is 12.3. The van der Waals surface area contributed by atoms with E-state index in [4.69, 9.17) is 9.47 Å². The van der Waals surface area contributed by atoms with Gasteiger partial charge in [0.2, 0.25) is 5.91 Å². The van der Waals surface area contributed by atoms with Crippen molar-refractivity contribution in [1.29, 1.82) is 0 Å². The van der Waals surface area contributed by atoms with Crippen molar-refractivity contribution in [2.75, 3.05) is 13.2 Å². The number of ether oxygens (including phenoxy) is 2. The fourth-order valence-electron chi connectivity index (χ4n) is 3.36. The molecule has 1 heterocycles. The van der Waals surface area contributed by atoms with Gasteiger partial charge in [0, 0.05) is 6.42 Å². The molecule has 2 atom stereocenters. The first kappa shape index (κ1) is 18.6. The van der Waals surface area contributed by atoms with Crippen LogP contribution in [0.1, 0.15) is 30.9 Å².